The first kappa shape index (κ1) is 16.9. The van der Waals surface area contributed by atoms with Crippen LogP contribution in [0.2, 0.25) is 0 Å². The van der Waals surface area contributed by atoms with E-state index < -0.39 is 10.0 Å². The molecule has 1 unspecified atom stereocenters. The van der Waals surface area contributed by atoms with Crippen LogP contribution in [-0.4, -0.2) is 70.0 Å². The number of nitrogens with zero attached hydrogens (tertiary/aromatic N) is 2. The maximum Gasteiger partial charge on any atom is 0.243 e. The van der Waals surface area contributed by atoms with Gasteiger partial charge in [-0.05, 0) is 18.1 Å². The average Bonchev–Trinajstić information content (AvgIpc) is 3.07. The first-order valence-electron chi connectivity index (χ1n) is 8.14. The second kappa shape index (κ2) is 7.27. The molecule has 1 aromatic rings. The Kier molecular flexibility index (Phi) is 5.33. The fourth-order valence-corrected chi connectivity index (χ4v) is 5.14. The van der Waals surface area contributed by atoms with Crippen LogP contribution in [0.1, 0.15) is 12.0 Å². The summed E-state index contributed by atoms with van der Waals surface area (Å²) in [4.78, 5) is 2.79. The van der Waals surface area contributed by atoms with E-state index >= 15 is 0 Å². The minimum absolute atomic E-state index is 0.310. The van der Waals surface area contributed by atoms with Crippen LogP contribution in [0.15, 0.2) is 29.2 Å². The lowest BCUT2D eigenvalue weighted by Crippen LogP contribution is -2.49. The lowest BCUT2D eigenvalue weighted by molar-refractivity contribution is 0.179. The van der Waals surface area contributed by atoms with Gasteiger partial charge in [-0.25, -0.2) is 8.42 Å². The van der Waals surface area contributed by atoms with E-state index in [4.69, 9.17) is 4.74 Å². The van der Waals surface area contributed by atoms with E-state index in [0.29, 0.717) is 30.6 Å². The van der Waals surface area contributed by atoms with Crippen LogP contribution in [0.3, 0.4) is 0 Å². The van der Waals surface area contributed by atoms with E-state index in [9.17, 15) is 8.42 Å². The van der Waals surface area contributed by atoms with Gasteiger partial charge in [-0.1, -0.05) is 18.2 Å². The lowest BCUT2D eigenvalue weighted by atomic mass is 10.2. The highest BCUT2D eigenvalue weighted by atomic mass is 32.2. The summed E-state index contributed by atoms with van der Waals surface area (Å²) in [5, 5.41) is 3.34. The number of hydrogen-bond acceptors (Lipinski definition) is 5. The summed E-state index contributed by atoms with van der Waals surface area (Å²) in [6.45, 7) is 5.46. The number of ether oxygens (including phenoxy) is 1. The Labute approximate surface area is 138 Å². The smallest absolute Gasteiger partial charge is 0.243 e. The van der Waals surface area contributed by atoms with E-state index in [1.807, 2.05) is 12.1 Å². The van der Waals surface area contributed by atoms with Crippen molar-refractivity contribution in [3.05, 3.63) is 29.8 Å². The van der Waals surface area contributed by atoms with Gasteiger partial charge in [0.25, 0.3) is 0 Å². The molecule has 0 saturated carbocycles. The van der Waals surface area contributed by atoms with Crippen molar-refractivity contribution in [2.24, 2.45) is 0 Å². The molecule has 3 rings (SSSR count). The van der Waals surface area contributed by atoms with E-state index in [1.54, 1.807) is 23.5 Å². The van der Waals surface area contributed by atoms with Crippen molar-refractivity contribution in [3.8, 4) is 0 Å². The molecule has 0 aliphatic carbocycles. The molecule has 2 saturated heterocycles. The van der Waals surface area contributed by atoms with E-state index in [-0.39, 0.29) is 0 Å². The molecule has 1 aromatic carbocycles. The summed E-state index contributed by atoms with van der Waals surface area (Å²) in [6.07, 6.45) is 0.908. The predicted molar refractivity (Wildman–Crippen MR) is 88.8 cm³/mol. The zero-order chi connectivity index (χ0) is 16.3. The monoisotopic (exact) mass is 339 g/mol. The minimum atomic E-state index is -3.45. The second-order valence-electron chi connectivity index (χ2n) is 6.13. The van der Waals surface area contributed by atoms with Gasteiger partial charge >= 0.3 is 0 Å². The molecule has 0 amide bonds. The third kappa shape index (κ3) is 3.59. The van der Waals surface area contributed by atoms with Crippen molar-refractivity contribution in [3.63, 3.8) is 0 Å². The number of benzene rings is 1. The van der Waals surface area contributed by atoms with Crippen LogP contribution < -0.4 is 5.32 Å². The van der Waals surface area contributed by atoms with Crippen LogP contribution in [0.4, 0.5) is 0 Å². The molecule has 7 heteroatoms. The number of nitrogens with one attached hydrogen (secondary N) is 1. The number of rotatable bonds is 5. The maximum atomic E-state index is 13.0. The Bertz CT molecular complexity index is 629. The molecule has 2 heterocycles. The van der Waals surface area contributed by atoms with Gasteiger partial charge in [0.15, 0.2) is 0 Å². The third-order valence-electron chi connectivity index (χ3n) is 4.68. The number of methoxy groups -OCH3 is 1. The SMILES string of the molecule is COCc1ccccc1S(=O)(=O)N1CCC(N2CCNCC2)C1. The molecule has 2 aliphatic rings. The van der Waals surface area contributed by atoms with Crippen LogP contribution in [0.25, 0.3) is 0 Å². The minimum Gasteiger partial charge on any atom is -0.380 e. The lowest BCUT2D eigenvalue weighted by Gasteiger charge is -2.32. The molecule has 0 spiro atoms. The first-order valence-corrected chi connectivity index (χ1v) is 9.58. The topological polar surface area (TPSA) is 61.9 Å². The molecule has 2 aliphatic heterocycles. The summed E-state index contributed by atoms with van der Waals surface area (Å²) in [7, 11) is -1.87. The predicted octanol–water partition coefficient (Wildman–Crippen LogP) is 0.501. The number of piperazine rings is 1. The quantitative estimate of drug-likeness (QED) is 0.847. The van der Waals surface area contributed by atoms with Crippen molar-refractivity contribution < 1.29 is 13.2 Å². The van der Waals surface area contributed by atoms with E-state index in [0.717, 1.165) is 38.2 Å². The van der Waals surface area contributed by atoms with Gasteiger partial charge < -0.3 is 10.1 Å². The molecule has 1 N–H and O–H groups in total. The molecular formula is C16H25N3O3S. The molecule has 0 bridgehead atoms. The Balaban J connectivity index is 1.76. The molecule has 0 aromatic heterocycles. The highest BCUT2D eigenvalue weighted by molar-refractivity contribution is 7.89. The van der Waals surface area contributed by atoms with Crippen molar-refractivity contribution in [1.29, 1.82) is 0 Å². The van der Waals surface area contributed by atoms with E-state index in [2.05, 4.69) is 10.2 Å². The van der Waals surface area contributed by atoms with Crippen molar-refractivity contribution >= 4 is 10.0 Å². The second-order valence-corrected chi connectivity index (χ2v) is 8.04. The molecule has 6 nitrogen and oxygen atoms in total. The molecular weight excluding hydrogens is 314 g/mol. The molecule has 23 heavy (non-hydrogen) atoms. The van der Waals surface area contributed by atoms with Gasteiger partial charge in [-0.2, -0.15) is 4.31 Å². The van der Waals surface area contributed by atoms with Gasteiger partial charge in [-0.15, -0.1) is 0 Å². The Morgan fingerprint density at radius 1 is 1.22 bits per heavy atom. The highest BCUT2D eigenvalue weighted by Crippen LogP contribution is 2.26. The summed E-state index contributed by atoms with van der Waals surface area (Å²) >= 11 is 0. The van der Waals surface area contributed by atoms with Crippen LogP contribution >= 0.6 is 0 Å². The van der Waals surface area contributed by atoms with Crippen molar-refractivity contribution in [2.75, 3.05) is 46.4 Å². The normalized spacial score (nSPS) is 24.1. The average molecular weight is 339 g/mol. The Morgan fingerprint density at radius 2 is 1.96 bits per heavy atom. The number of sulfonamides is 1. The van der Waals surface area contributed by atoms with Gasteiger partial charge in [0.2, 0.25) is 10.0 Å². The van der Waals surface area contributed by atoms with E-state index in [1.165, 1.54) is 0 Å². The highest BCUT2D eigenvalue weighted by Gasteiger charge is 2.36. The largest absolute Gasteiger partial charge is 0.380 e. The molecule has 0 radical (unpaired) electrons. The zero-order valence-corrected chi connectivity index (χ0v) is 14.4. The maximum absolute atomic E-state index is 13.0. The van der Waals surface area contributed by atoms with Crippen molar-refractivity contribution in [2.45, 2.75) is 24.0 Å². The van der Waals surface area contributed by atoms with Crippen LogP contribution in [0.5, 0.6) is 0 Å². The summed E-state index contributed by atoms with van der Waals surface area (Å²) in [5.41, 5.74) is 0.723. The zero-order valence-electron chi connectivity index (χ0n) is 13.6. The summed E-state index contributed by atoms with van der Waals surface area (Å²) in [5.74, 6) is 0. The fourth-order valence-electron chi connectivity index (χ4n) is 3.44. The van der Waals surface area contributed by atoms with Gasteiger partial charge in [-0.3, -0.25) is 4.90 Å². The Morgan fingerprint density at radius 3 is 2.70 bits per heavy atom. The van der Waals surface area contributed by atoms with Crippen LogP contribution in [0, 0.1) is 0 Å². The standard InChI is InChI=1S/C16H25N3O3S/c1-22-13-14-4-2-3-5-16(14)23(20,21)19-9-6-15(12-19)18-10-7-17-8-11-18/h2-5,15,17H,6-13H2,1H3. The third-order valence-corrected chi connectivity index (χ3v) is 6.65. The van der Waals surface area contributed by atoms with Gasteiger partial charge in [0, 0.05) is 52.4 Å². The summed E-state index contributed by atoms with van der Waals surface area (Å²) in [6, 6.07) is 7.46. The summed E-state index contributed by atoms with van der Waals surface area (Å²) < 4.78 is 32.8. The van der Waals surface area contributed by atoms with Crippen LogP contribution in [-0.2, 0) is 21.4 Å². The first-order chi connectivity index (χ1) is 11.1. The molecule has 128 valence electrons. The fraction of sp³-hybridized carbons (Fsp3) is 0.625. The van der Waals surface area contributed by atoms with Crippen molar-refractivity contribution in [1.82, 2.24) is 14.5 Å². The molecule has 2 fully saturated rings. The number of hydrogen-bond donors (Lipinski definition) is 1. The Hall–Kier alpha value is -0.990. The van der Waals surface area contributed by atoms with Gasteiger partial charge in [0.05, 0.1) is 11.5 Å². The van der Waals surface area contributed by atoms with Gasteiger partial charge in [0.1, 0.15) is 0 Å². The molecule has 1 atom stereocenters.